The van der Waals surface area contributed by atoms with Crippen LogP contribution in [0.15, 0.2) is 54.7 Å². The van der Waals surface area contributed by atoms with E-state index in [2.05, 4.69) is 33.4 Å². The zero-order chi connectivity index (χ0) is 14.8. The lowest BCUT2D eigenvalue weighted by atomic mass is 10.2. The first kappa shape index (κ1) is 13.2. The quantitative estimate of drug-likeness (QED) is 0.764. The maximum absolute atomic E-state index is 11.1. The van der Waals surface area contributed by atoms with Crippen LogP contribution >= 0.6 is 0 Å². The molecule has 106 valence electrons. The van der Waals surface area contributed by atoms with Crippen LogP contribution in [0.1, 0.15) is 6.92 Å². The summed E-state index contributed by atoms with van der Waals surface area (Å²) in [4.78, 5) is 11.1. The molecular formula is C17H17N3O. The fourth-order valence-electron chi connectivity index (χ4n) is 2.40. The predicted molar refractivity (Wildman–Crippen MR) is 86.9 cm³/mol. The summed E-state index contributed by atoms with van der Waals surface area (Å²) in [7, 11) is 2.03. The topological polar surface area (TPSA) is 46.1 Å². The van der Waals surface area contributed by atoms with Crippen LogP contribution in [0, 0.1) is 0 Å². The molecule has 2 aromatic carbocycles. The van der Waals surface area contributed by atoms with E-state index in [9.17, 15) is 4.79 Å². The lowest BCUT2D eigenvalue weighted by molar-refractivity contribution is -0.114. The summed E-state index contributed by atoms with van der Waals surface area (Å²) in [6.07, 6.45) is 2.05. The Hall–Kier alpha value is -2.75. The SMILES string of the molecule is CC(=O)Nc1cccc(Nc2ccc3c(ccn3C)c2)c1. The van der Waals surface area contributed by atoms with Crippen molar-refractivity contribution in [3.05, 3.63) is 54.7 Å². The van der Waals surface area contributed by atoms with E-state index in [1.165, 1.54) is 17.8 Å². The van der Waals surface area contributed by atoms with Gasteiger partial charge in [-0.05, 0) is 42.5 Å². The number of hydrogen-bond acceptors (Lipinski definition) is 2. The Morgan fingerprint density at radius 2 is 1.76 bits per heavy atom. The number of nitrogens with zero attached hydrogens (tertiary/aromatic N) is 1. The molecule has 0 radical (unpaired) electrons. The second kappa shape index (κ2) is 5.32. The van der Waals surface area contributed by atoms with Gasteiger partial charge in [0.25, 0.3) is 0 Å². The van der Waals surface area contributed by atoms with Crippen molar-refractivity contribution in [2.75, 3.05) is 10.6 Å². The Morgan fingerprint density at radius 3 is 2.57 bits per heavy atom. The molecule has 0 saturated carbocycles. The van der Waals surface area contributed by atoms with Crippen LogP contribution in [0.5, 0.6) is 0 Å². The fraction of sp³-hybridized carbons (Fsp3) is 0.118. The van der Waals surface area contributed by atoms with Crippen LogP contribution in [-0.2, 0) is 11.8 Å². The van der Waals surface area contributed by atoms with Crippen LogP contribution in [0.25, 0.3) is 10.9 Å². The summed E-state index contributed by atoms with van der Waals surface area (Å²) in [5.41, 5.74) is 3.95. The smallest absolute Gasteiger partial charge is 0.221 e. The van der Waals surface area contributed by atoms with Gasteiger partial charge in [0.05, 0.1) is 0 Å². The minimum absolute atomic E-state index is 0.0714. The van der Waals surface area contributed by atoms with E-state index in [0.29, 0.717) is 0 Å². The first-order valence-electron chi connectivity index (χ1n) is 6.81. The van der Waals surface area contributed by atoms with E-state index in [-0.39, 0.29) is 5.91 Å². The highest BCUT2D eigenvalue weighted by molar-refractivity contribution is 5.89. The molecule has 0 spiro atoms. The third-order valence-corrected chi connectivity index (χ3v) is 3.36. The molecule has 0 atom stereocenters. The lowest BCUT2D eigenvalue weighted by Crippen LogP contribution is -2.05. The van der Waals surface area contributed by atoms with Gasteiger partial charge in [-0.15, -0.1) is 0 Å². The van der Waals surface area contributed by atoms with Crippen molar-refractivity contribution in [2.24, 2.45) is 7.05 Å². The number of amides is 1. The van der Waals surface area contributed by atoms with Crippen molar-refractivity contribution >= 4 is 33.9 Å². The molecule has 0 bridgehead atoms. The molecule has 0 aliphatic heterocycles. The van der Waals surface area contributed by atoms with E-state index >= 15 is 0 Å². The monoisotopic (exact) mass is 279 g/mol. The third kappa shape index (κ3) is 2.89. The molecule has 4 nitrogen and oxygen atoms in total. The molecule has 0 saturated heterocycles. The van der Waals surface area contributed by atoms with Gasteiger partial charge < -0.3 is 15.2 Å². The minimum Gasteiger partial charge on any atom is -0.355 e. The molecular weight excluding hydrogens is 262 g/mol. The van der Waals surface area contributed by atoms with Crippen molar-refractivity contribution in [1.82, 2.24) is 4.57 Å². The van der Waals surface area contributed by atoms with Gasteiger partial charge in [-0.3, -0.25) is 4.79 Å². The molecule has 0 fully saturated rings. The highest BCUT2D eigenvalue weighted by Gasteiger charge is 2.01. The molecule has 1 heterocycles. The molecule has 4 heteroatoms. The number of nitrogens with one attached hydrogen (secondary N) is 2. The average molecular weight is 279 g/mol. The fourth-order valence-corrected chi connectivity index (χ4v) is 2.40. The maximum Gasteiger partial charge on any atom is 0.221 e. The van der Waals surface area contributed by atoms with E-state index < -0.39 is 0 Å². The first-order chi connectivity index (χ1) is 10.1. The van der Waals surface area contributed by atoms with Crippen LogP contribution < -0.4 is 10.6 Å². The van der Waals surface area contributed by atoms with Crippen LogP contribution in [0.4, 0.5) is 17.1 Å². The van der Waals surface area contributed by atoms with Gasteiger partial charge in [0, 0.05) is 48.1 Å². The molecule has 0 unspecified atom stereocenters. The number of aromatic nitrogens is 1. The van der Waals surface area contributed by atoms with Gasteiger partial charge in [-0.2, -0.15) is 0 Å². The predicted octanol–water partition coefficient (Wildman–Crippen LogP) is 3.88. The summed E-state index contributed by atoms with van der Waals surface area (Å²) in [6.45, 7) is 1.50. The first-order valence-corrected chi connectivity index (χ1v) is 6.81. The molecule has 0 aliphatic rings. The number of carbonyl (C=O) groups is 1. The molecule has 3 aromatic rings. The van der Waals surface area contributed by atoms with Crippen molar-refractivity contribution in [2.45, 2.75) is 6.92 Å². The van der Waals surface area contributed by atoms with Gasteiger partial charge in [0.2, 0.25) is 5.91 Å². The van der Waals surface area contributed by atoms with E-state index in [0.717, 1.165) is 17.1 Å². The van der Waals surface area contributed by atoms with Crippen molar-refractivity contribution in [1.29, 1.82) is 0 Å². The molecule has 1 amide bonds. The Labute approximate surface area is 123 Å². The van der Waals surface area contributed by atoms with Crippen molar-refractivity contribution in [3.8, 4) is 0 Å². The van der Waals surface area contributed by atoms with Crippen molar-refractivity contribution < 1.29 is 4.79 Å². The number of benzene rings is 2. The number of aryl methyl sites for hydroxylation is 1. The van der Waals surface area contributed by atoms with Gasteiger partial charge in [0.15, 0.2) is 0 Å². The Morgan fingerprint density at radius 1 is 1.00 bits per heavy atom. The van der Waals surface area contributed by atoms with E-state index in [4.69, 9.17) is 0 Å². The van der Waals surface area contributed by atoms with E-state index in [1.807, 2.05) is 43.6 Å². The second-order valence-electron chi connectivity index (χ2n) is 5.09. The summed E-state index contributed by atoms with van der Waals surface area (Å²) < 4.78 is 2.09. The van der Waals surface area contributed by atoms with Crippen LogP contribution in [-0.4, -0.2) is 10.5 Å². The molecule has 2 N–H and O–H groups in total. The van der Waals surface area contributed by atoms with Gasteiger partial charge in [0.1, 0.15) is 0 Å². The van der Waals surface area contributed by atoms with Crippen LogP contribution in [0.3, 0.4) is 0 Å². The molecule has 0 aliphatic carbocycles. The number of carbonyl (C=O) groups excluding carboxylic acids is 1. The van der Waals surface area contributed by atoms with Crippen molar-refractivity contribution in [3.63, 3.8) is 0 Å². The number of anilines is 3. The molecule has 21 heavy (non-hydrogen) atoms. The molecule has 1 aromatic heterocycles. The second-order valence-corrected chi connectivity index (χ2v) is 5.09. The largest absolute Gasteiger partial charge is 0.355 e. The average Bonchev–Trinajstić information content (AvgIpc) is 2.80. The van der Waals surface area contributed by atoms with Crippen LogP contribution in [0.2, 0.25) is 0 Å². The highest BCUT2D eigenvalue weighted by atomic mass is 16.1. The maximum atomic E-state index is 11.1. The van der Waals surface area contributed by atoms with Gasteiger partial charge in [-0.25, -0.2) is 0 Å². The van der Waals surface area contributed by atoms with E-state index in [1.54, 1.807) is 0 Å². The molecule has 3 rings (SSSR count). The van der Waals surface area contributed by atoms with Gasteiger partial charge in [-0.1, -0.05) is 6.07 Å². The standard InChI is InChI=1S/C17H17N3O/c1-12(21)18-14-4-3-5-15(11-14)19-16-6-7-17-13(10-16)8-9-20(17)2/h3-11,19H,1-2H3,(H,18,21). The Balaban J connectivity index is 1.85. The highest BCUT2D eigenvalue weighted by Crippen LogP contribution is 2.24. The summed E-state index contributed by atoms with van der Waals surface area (Å²) in [6, 6.07) is 16.0. The zero-order valence-electron chi connectivity index (χ0n) is 12.1. The number of rotatable bonds is 3. The minimum atomic E-state index is -0.0714. The zero-order valence-corrected chi connectivity index (χ0v) is 12.1. The number of hydrogen-bond donors (Lipinski definition) is 2. The lowest BCUT2D eigenvalue weighted by Gasteiger charge is -2.09. The summed E-state index contributed by atoms with van der Waals surface area (Å²) in [5, 5.41) is 7.33. The normalized spacial score (nSPS) is 10.6. The Kier molecular flexibility index (Phi) is 3.36. The summed E-state index contributed by atoms with van der Waals surface area (Å²) >= 11 is 0. The van der Waals surface area contributed by atoms with Gasteiger partial charge >= 0.3 is 0 Å². The number of fused-ring (bicyclic) bond motifs is 1. The summed E-state index contributed by atoms with van der Waals surface area (Å²) in [5.74, 6) is -0.0714. The third-order valence-electron chi connectivity index (χ3n) is 3.36. The Bertz CT molecular complexity index is 805.